The van der Waals surface area contributed by atoms with Crippen LogP contribution in [-0.4, -0.2) is 96.3 Å². The average molecular weight is 265 g/mol. The molecule has 7 nitrogen and oxygen atoms in total. The molecule has 0 aromatic carbocycles. The van der Waals surface area contributed by atoms with E-state index >= 15 is 0 Å². The molecule has 1 heterocycles. The zero-order chi connectivity index (χ0) is 13.5. The van der Waals surface area contributed by atoms with Gasteiger partial charge in [0.05, 0.1) is 38.6 Å². The van der Waals surface area contributed by atoms with Crippen LogP contribution in [0.1, 0.15) is 0 Å². The van der Waals surface area contributed by atoms with Crippen LogP contribution in [0, 0.1) is 0 Å². The van der Waals surface area contributed by atoms with Crippen molar-refractivity contribution in [3.8, 4) is 0 Å². The lowest BCUT2D eigenvalue weighted by Crippen LogP contribution is -2.62. The smallest absolute Gasteiger partial charge is 0.109 e. The van der Waals surface area contributed by atoms with Crippen molar-refractivity contribution in [1.82, 2.24) is 4.90 Å². The summed E-state index contributed by atoms with van der Waals surface area (Å²) in [7, 11) is 1.59. The maximum Gasteiger partial charge on any atom is 0.109 e. The van der Waals surface area contributed by atoms with Gasteiger partial charge in [-0.1, -0.05) is 0 Å². The second-order valence-electron chi connectivity index (χ2n) is 4.40. The minimum atomic E-state index is -1.21. The number of hydrogen-bond acceptors (Lipinski definition) is 7. The van der Waals surface area contributed by atoms with Gasteiger partial charge in [-0.05, 0) is 0 Å². The molecule has 0 aliphatic carbocycles. The van der Waals surface area contributed by atoms with Gasteiger partial charge >= 0.3 is 0 Å². The molecule has 1 aliphatic heterocycles. The van der Waals surface area contributed by atoms with Gasteiger partial charge in [0.2, 0.25) is 0 Å². The van der Waals surface area contributed by atoms with Crippen LogP contribution in [0.15, 0.2) is 0 Å². The molecular formula is C11H23NO6. The Bertz CT molecular complexity index is 230. The summed E-state index contributed by atoms with van der Waals surface area (Å²) < 4.78 is 10.1. The molecule has 1 aliphatic rings. The lowest BCUT2D eigenvalue weighted by atomic mass is 9.94. The van der Waals surface area contributed by atoms with Gasteiger partial charge in [0.25, 0.3) is 0 Å². The predicted molar refractivity (Wildman–Crippen MR) is 63.2 cm³/mol. The molecule has 0 amide bonds. The molecule has 4 N–H and O–H groups in total. The van der Waals surface area contributed by atoms with Crippen molar-refractivity contribution in [2.24, 2.45) is 0 Å². The Morgan fingerprint density at radius 2 is 1.83 bits per heavy atom. The van der Waals surface area contributed by atoms with E-state index in [2.05, 4.69) is 0 Å². The maximum atomic E-state index is 9.75. The zero-order valence-electron chi connectivity index (χ0n) is 10.6. The quantitative estimate of drug-likeness (QED) is 0.375. The van der Waals surface area contributed by atoms with Gasteiger partial charge < -0.3 is 29.9 Å². The van der Waals surface area contributed by atoms with Crippen molar-refractivity contribution in [3.63, 3.8) is 0 Å². The molecule has 0 aromatic rings. The van der Waals surface area contributed by atoms with Crippen LogP contribution in [0.5, 0.6) is 0 Å². The first-order valence-electron chi connectivity index (χ1n) is 6.07. The summed E-state index contributed by atoms with van der Waals surface area (Å²) in [5.74, 6) is 0. The van der Waals surface area contributed by atoms with Gasteiger partial charge in [-0.3, -0.25) is 4.90 Å². The van der Waals surface area contributed by atoms with E-state index in [0.717, 1.165) is 0 Å². The number of nitrogens with zero attached hydrogens (tertiary/aromatic N) is 1. The number of aliphatic hydroxyl groups excluding tert-OH is 4. The fraction of sp³-hybridized carbons (Fsp3) is 1.00. The molecule has 18 heavy (non-hydrogen) atoms. The normalized spacial score (nSPS) is 33.8. The topological polar surface area (TPSA) is 103 Å². The van der Waals surface area contributed by atoms with E-state index in [9.17, 15) is 20.4 Å². The van der Waals surface area contributed by atoms with Crippen LogP contribution in [0.4, 0.5) is 0 Å². The first-order chi connectivity index (χ1) is 8.61. The van der Waals surface area contributed by atoms with Crippen LogP contribution in [-0.2, 0) is 9.47 Å². The Hall–Kier alpha value is -0.280. The Morgan fingerprint density at radius 3 is 2.44 bits per heavy atom. The minimum Gasteiger partial charge on any atom is -0.395 e. The van der Waals surface area contributed by atoms with Crippen molar-refractivity contribution < 1.29 is 29.9 Å². The van der Waals surface area contributed by atoms with Gasteiger partial charge in [-0.25, -0.2) is 0 Å². The van der Waals surface area contributed by atoms with Gasteiger partial charge in [0.15, 0.2) is 0 Å². The van der Waals surface area contributed by atoms with Crippen LogP contribution in [0.2, 0.25) is 0 Å². The lowest BCUT2D eigenvalue weighted by molar-refractivity contribution is -0.147. The average Bonchev–Trinajstić information content (AvgIpc) is 2.36. The highest BCUT2D eigenvalue weighted by molar-refractivity contribution is 4.93. The molecule has 1 saturated heterocycles. The second kappa shape index (κ2) is 8.00. The Kier molecular flexibility index (Phi) is 7.02. The van der Waals surface area contributed by atoms with Gasteiger partial charge in [-0.15, -0.1) is 0 Å². The summed E-state index contributed by atoms with van der Waals surface area (Å²) in [6.45, 7) is 1.79. The van der Waals surface area contributed by atoms with Crippen molar-refractivity contribution >= 4 is 0 Å². The molecule has 0 spiro atoms. The number of methoxy groups -OCH3 is 1. The summed E-state index contributed by atoms with van der Waals surface area (Å²) in [5.41, 5.74) is 0. The number of ether oxygens (including phenoxy) is 2. The Morgan fingerprint density at radius 1 is 1.11 bits per heavy atom. The number of likely N-dealkylation sites (tertiary alicyclic amines) is 1. The maximum absolute atomic E-state index is 9.75. The first kappa shape index (κ1) is 15.8. The van der Waals surface area contributed by atoms with E-state index in [1.54, 1.807) is 12.0 Å². The third-order valence-electron chi connectivity index (χ3n) is 3.17. The fourth-order valence-electron chi connectivity index (χ4n) is 2.06. The minimum absolute atomic E-state index is 0.205. The highest BCUT2D eigenvalue weighted by Crippen LogP contribution is 2.18. The van der Waals surface area contributed by atoms with Crippen LogP contribution in [0.25, 0.3) is 0 Å². The standard InChI is InChI=1S/C11H23NO6/c1-17-4-5-18-3-2-12-6-9(14)11(16)10(15)8(12)7-13/h8-11,13-16H,2-7H2,1H3. The number of hydrogen-bond donors (Lipinski definition) is 4. The molecule has 0 bridgehead atoms. The molecule has 4 atom stereocenters. The number of piperidine rings is 1. The van der Waals surface area contributed by atoms with E-state index in [4.69, 9.17) is 9.47 Å². The third-order valence-corrected chi connectivity index (χ3v) is 3.17. The van der Waals surface area contributed by atoms with Gasteiger partial charge in [0.1, 0.15) is 12.2 Å². The van der Waals surface area contributed by atoms with Crippen LogP contribution >= 0.6 is 0 Å². The molecule has 7 heteroatoms. The lowest BCUT2D eigenvalue weighted by Gasteiger charge is -2.43. The summed E-state index contributed by atoms with van der Waals surface area (Å²) in [5, 5.41) is 38.1. The molecule has 1 rings (SSSR count). The Balaban J connectivity index is 2.37. The predicted octanol–water partition coefficient (Wildman–Crippen LogP) is -2.59. The second-order valence-corrected chi connectivity index (χ2v) is 4.40. The number of aliphatic hydroxyl groups is 4. The van der Waals surface area contributed by atoms with Crippen molar-refractivity contribution in [1.29, 1.82) is 0 Å². The van der Waals surface area contributed by atoms with Gasteiger partial charge in [-0.2, -0.15) is 0 Å². The van der Waals surface area contributed by atoms with E-state index in [1.807, 2.05) is 0 Å². The SMILES string of the molecule is COCCOCCN1CC(O)C(O)C(O)C1CO. The molecule has 1 fully saturated rings. The van der Waals surface area contributed by atoms with Crippen LogP contribution in [0.3, 0.4) is 0 Å². The number of rotatable bonds is 7. The van der Waals surface area contributed by atoms with Crippen molar-refractivity contribution in [2.45, 2.75) is 24.4 Å². The highest BCUT2D eigenvalue weighted by atomic mass is 16.5. The van der Waals surface area contributed by atoms with E-state index < -0.39 is 24.4 Å². The van der Waals surface area contributed by atoms with E-state index in [-0.39, 0.29) is 13.2 Å². The Labute approximate surface area is 107 Å². The summed E-state index contributed by atoms with van der Waals surface area (Å²) in [6.07, 6.45) is -3.38. The monoisotopic (exact) mass is 265 g/mol. The van der Waals surface area contributed by atoms with Crippen molar-refractivity contribution in [2.75, 3.05) is 46.6 Å². The number of β-amino-alcohol motifs (C(OH)–C–C–N with tert-alkyl or cyclic N) is 1. The first-order valence-corrected chi connectivity index (χ1v) is 6.07. The zero-order valence-corrected chi connectivity index (χ0v) is 10.6. The summed E-state index contributed by atoms with van der Waals surface area (Å²) in [6, 6.07) is -0.575. The molecule has 0 saturated carbocycles. The fourth-order valence-corrected chi connectivity index (χ4v) is 2.06. The van der Waals surface area contributed by atoms with E-state index in [1.165, 1.54) is 0 Å². The highest BCUT2D eigenvalue weighted by Gasteiger charge is 2.40. The summed E-state index contributed by atoms with van der Waals surface area (Å²) in [4.78, 5) is 1.72. The van der Waals surface area contributed by atoms with Crippen molar-refractivity contribution in [3.05, 3.63) is 0 Å². The van der Waals surface area contributed by atoms with E-state index in [0.29, 0.717) is 26.4 Å². The molecule has 0 radical (unpaired) electrons. The van der Waals surface area contributed by atoms with Gasteiger partial charge in [0, 0.05) is 20.2 Å². The largest absolute Gasteiger partial charge is 0.395 e. The molecule has 4 unspecified atom stereocenters. The summed E-state index contributed by atoms with van der Waals surface area (Å²) >= 11 is 0. The molecule has 0 aromatic heterocycles. The molecule has 108 valence electrons. The third kappa shape index (κ3) is 4.13. The van der Waals surface area contributed by atoms with Crippen LogP contribution < -0.4 is 0 Å². The molecular weight excluding hydrogens is 242 g/mol.